The molecule has 0 saturated carbocycles. The molecule has 0 radical (unpaired) electrons. The number of fused-ring (bicyclic) bond motifs is 3. The molecule has 0 aromatic heterocycles. The van der Waals surface area contributed by atoms with E-state index in [0.717, 1.165) is 29.1 Å². The van der Waals surface area contributed by atoms with Crippen LogP contribution in [0.4, 0.5) is 17.1 Å². The molecule has 9 rings (SSSR count). The van der Waals surface area contributed by atoms with Crippen LogP contribution in [0.15, 0.2) is 201 Å². The minimum atomic E-state index is -0.0952. The van der Waals surface area contributed by atoms with Gasteiger partial charge in [-0.05, 0) is 134 Å². The third-order valence-electron chi connectivity index (χ3n) is 11.6. The highest BCUT2D eigenvalue weighted by Gasteiger charge is 2.35. The maximum absolute atomic E-state index is 4.59. The Morgan fingerprint density at radius 3 is 1.64 bits per heavy atom. The van der Waals surface area contributed by atoms with Crippen LogP contribution in [0.5, 0.6) is 0 Å². The molecule has 0 N–H and O–H groups in total. The van der Waals surface area contributed by atoms with E-state index in [4.69, 9.17) is 0 Å². The summed E-state index contributed by atoms with van der Waals surface area (Å²) in [6.07, 6.45) is 0.807. The molecule has 0 aliphatic heterocycles. The van der Waals surface area contributed by atoms with Crippen LogP contribution in [-0.4, -0.2) is 0 Å². The Morgan fingerprint density at radius 2 is 0.964 bits per heavy atom. The highest BCUT2D eigenvalue weighted by molar-refractivity contribution is 5.88. The molecule has 0 heterocycles. The van der Waals surface area contributed by atoms with E-state index >= 15 is 0 Å². The van der Waals surface area contributed by atoms with Crippen molar-refractivity contribution in [3.05, 3.63) is 229 Å². The molecule has 8 aromatic rings. The van der Waals surface area contributed by atoms with Gasteiger partial charge in [-0.1, -0.05) is 172 Å². The molecule has 0 fully saturated rings. The molecule has 8 aromatic carbocycles. The third-order valence-corrected chi connectivity index (χ3v) is 11.6. The Bertz CT molecular complexity index is 2680. The first kappa shape index (κ1) is 35.0. The fraction of sp³-hybridized carbons (Fsp3) is 0.0909. The number of hydrogen-bond donors (Lipinski definition) is 0. The van der Waals surface area contributed by atoms with E-state index in [9.17, 15) is 0 Å². The van der Waals surface area contributed by atoms with Crippen molar-refractivity contribution in [3.63, 3.8) is 0 Å². The molecule has 0 saturated heterocycles. The monoisotopic (exact) mass is 719 g/mol. The topological polar surface area (TPSA) is 3.24 Å². The van der Waals surface area contributed by atoms with Crippen LogP contribution in [-0.2, 0) is 11.8 Å². The Kier molecular flexibility index (Phi) is 9.08. The number of benzene rings is 8. The van der Waals surface area contributed by atoms with Gasteiger partial charge in [0.15, 0.2) is 0 Å². The van der Waals surface area contributed by atoms with E-state index < -0.39 is 0 Å². The number of rotatable bonds is 9. The van der Waals surface area contributed by atoms with Gasteiger partial charge in [0, 0.05) is 22.5 Å². The Morgan fingerprint density at radius 1 is 0.446 bits per heavy atom. The lowest BCUT2D eigenvalue weighted by atomic mass is 9.82. The van der Waals surface area contributed by atoms with E-state index in [1.807, 2.05) is 0 Å². The van der Waals surface area contributed by atoms with Crippen molar-refractivity contribution < 1.29 is 0 Å². The smallest absolute Gasteiger partial charge is 0.0465 e. The highest BCUT2D eigenvalue weighted by Crippen LogP contribution is 2.50. The fourth-order valence-electron chi connectivity index (χ4n) is 8.58. The molecule has 0 spiro atoms. The minimum Gasteiger partial charge on any atom is -0.310 e. The zero-order chi connectivity index (χ0) is 38.2. The minimum absolute atomic E-state index is 0.0952. The quantitative estimate of drug-likeness (QED) is 0.144. The highest BCUT2D eigenvalue weighted by atomic mass is 15.1. The summed E-state index contributed by atoms with van der Waals surface area (Å²) in [5.41, 5.74) is 20.7. The number of allylic oxidation sites excluding steroid dienone is 1. The molecule has 270 valence electrons. The third kappa shape index (κ3) is 6.46. The summed E-state index contributed by atoms with van der Waals surface area (Å²) in [5, 5.41) is 0. The van der Waals surface area contributed by atoms with Crippen LogP contribution in [0.1, 0.15) is 41.7 Å². The summed E-state index contributed by atoms with van der Waals surface area (Å²) in [7, 11) is 0. The molecular weight excluding hydrogens is 675 g/mol. The molecule has 0 bridgehead atoms. The van der Waals surface area contributed by atoms with E-state index in [2.05, 4.69) is 226 Å². The zero-order valence-electron chi connectivity index (χ0n) is 32.3. The number of nitrogens with zero attached hydrogens (tertiary/aromatic N) is 1. The summed E-state index contributed by atoms with van der Waals surface area (Å²) < 4.78 is 0. The Labute approximate surface area is 331 Å². The van der Waals surface area contributed by atoms with Gasteiger partial charge in [0.1, 0.15) is 0 Å². The molecule has 0 amide bonds. The number of aryl methyl sites for hydroxylation is 1. The SMILES string of the molecule is C=C(Cc1ccccc1)c1ccc(-c2ccc(N(c3ccc(-c4ccccc4)cc3)c3ccc4c(c3)C(C)(C)c3ccccc3-4)cc2)cc1-c1ccccc1C. The molecule has 1 heteroatoms. The summed E-state index contributed by atoms with van der Waals surface area (Å²) in [5.74, 6) is 0. The molecule has 1 aliphatic carbocycles. The van der Waals surface area contributed by atoms with E-state index in [1.54, 1.807) is 0 Å². The second kappa shape index (κ2) is 14.5. The van der Waals surface area contributed by atoms with Gasteiger partial charge in [0.05, 0.1) is 0 Å². The lowest BCUT2D eigenvalue weighted by Crippen LogP contribution is -2.16. The van der Waals surface area contributed by atoms with Crippen molar-refractivity contribution in [3.8, 4) is 44.5 Å². The second-order valence-corrected chi connectivity index (χ2v) is 15.5. The normalized spacial score (nSPS) is 12.5. The van der Waals surface area contributed by atoms with Crippen molar-refractivity contribution in [1.29, 1.82) is 0 Å². The van der Waals surface area contributed by atoms with Gasteiger partial charge >= 0.3 is 0 Å². The molecule has 0 atom stereocenters. The van der Waals surface area contributed by atoms with E-state index in [-0.39, 0.29) is 5.41 Å². The molecular formula is C55H45N. The maximum Gasteiger partial charge on any atom is 0.0465 e. The van der Waals surface area contributed by atoms with Crippen molar-refractivity contribution in [1.82, 2.24) is 0 Å². The Hall–Kier alpha value is -6.70. The van der Waals surface area contributed by atoms with Gasteiger partial charge < -0.3 is 4.90 Å². The molecule has 0 unspecified atom stereocenters. The van der Waals surface area contributed by atoms with E-state index in [1.165, 1.54) is 72.3 Å². The number of hydrogen-bond acceptors (Lipinski definition) is 1. The second-order valence-electron chi connectivity index (χ2n) is 15.5. The van der Waals surface area contributed by atoms with Gasteiger partial charge in [0.25, 0.3) is 0 Å². The average molecular weight is 720 g/mol. The predicted molar refractivity (Wildman–Crippen MR) is 239 cm³/mol. The summed E-state index contributed by atoms with van der Waals surface area (Å²) >= 11 is 0. The largest absolute Gasteiger partial charge is 0.310 e. The molecule has 56 heavy (non-hydrogen) atoms. The molecule has 1 nitrogen and oxygen atoms in total. The van der Waals surface area contributed by atoms with Crippen molar-refractivity contribution >= 4 is 22.6 Å². The lowest BCUT2D eigenvalue weighted by molar-refractivity contribution is 0.660. The molecule has 1 aliphatic rings. The number of anilines is 3. The van der Waals surface area contributed by atoms with Crippen LogP contribution in [0.2, 0.25) is 0 Å². The van der Waals surface area contributed by atoms with Gasteiger partial charge in [-0.25, -0.2) is 0 Å². The summed E-state index contributed by atoms with van der Waals surface area (Å²) in [4.78, 5) is 2.40. The van der Waals surface area contributed by atoms with Crippen molar-refractivity contribution in [2.45, 2.75) is 32.6 Å². The first-order valence-electron chi connectivity index (χ1n) is 19.6. The summed E-state index contributed by atoms with van der Waals surface area (Å²) in [6, 6.07) is 70.7. The predicted octanol–water partition coefficient (Wildman–Crippen LogP) is 15.0. The van der Waals surface area contributed by atoms with Crippen molar-refractivity contribution in [2.75, 3.05) is 4.90 Å². The van der Waals surface area contributed by atoms with Gasteiger partial charge in [0.2, 0.25) is 0 Å². The van der Waals surface area contributed by atoms with Gasteiger partial charge in [-0.15, -0.1) is 0 Å². The van der Waals surface area contributed by atoms with Crippen LogP contribution in [0.25, 0.3) is 50.1 Å². The lowest BCUT2D eigenvalue weighted by Gasteiger charge is -2.28. The first-order valence-corrected chi connectivity index (χ1v) is 19.6. The maximum atomic E-state index is 4.59. The van der Waals surface area contributed by atoms with Crippen LogP contribution < -0.4 is 4.90 Å². The standard InChI is InChI=1S/C55H45N/c1-38-15-11-12-20-48(38)52-36-44(27-33-49(52)39(2)35-40-16-7-5-8-17-40)43-25-30-46(31-26-43)56(45-28-23-42(24-29-45)41-18-9-6-10-19-41)47-32-34-51-50-21-13-14-22-53(50)55(3,4)54(51)37-47/h5-34,36-37H,2,35H2,1,3-4H3. The van der Waals surface area contributed by atoms with Crippen molar-refractivity contribution in [2.24, 2.45) is 0 Å². The fourth-order valence-corrected chi connectivity index (χ4v) is 8.58. The average Bonchev–Trinajstić information content (AvgIpc) is 3.47. The van der Waals surface area contributed by atoms with Gasteiger partial charge in [-0.2, -0.15) is 0 Å². The first-order chi connectivity index (χ1) is 27.3. The Balaban J connectivity index is 1.11. The van der Waals surface area contributed by atoms with E-state index in [0.29, 0.717) is 0 Å². The summed E-state index contributed by atoms with van der Waals surface area (Å²) in [6.45, 7) is 11.5. The van der Waals surface area contributed by atoms with Gasteiger partial charge in [-0.3, -0.25) is 0 Å². The van der Waals surface area contributed by atoms with Crippen LogP contribution in [0.3, 0.4) is 0 Å². The van der Waals surface area contributed by atoms with Crippen LogP contribution in [0, 0.1) is 6.92 Å². The van der Waals surface area contributed by atoms with Crippen LogP contribution >= 0.6 is 0 Å². The zero-order valence-corrected chi connectivity index (χ0v) is 32.3.